The second-order valence-corrected chi connectivity index (χ2v) is 10.2. The van der Waals surface area contributed by atoms with Gasteiger partial charge in [0.25, 0.3) is 0 Å². The standard InChI is InChI=1S/C30H33N3O5/c1-21(34)23-12-14-25(15-13-23)38-30(37)32-19-17-27(35)33-26(32)20-31(18-16-22-8-4-2-5-9-22)29(36)28(33)24-10-6-3-7-11-24/h2,4-5,8-9,12-15,20,24,28H,3,6-7,10-11,16-19H2,1H3/t28-/m0/s1. The van der Waals surface area contributed by atoms with Gasteiger partial charge in [0, 0.05) is 31.3 Å². The van der Waals surface area contributed by atoms with Crippen LogP contribution < -0.4 is 4.74 Å². The average molecular weight is 516 g/mol. The van der Waals surface area contributed by atoms with Crippen molar-refractivity contribution in [1.29, 1.82) is 0 Å². The van der Waals surface area contributed by atoms with Crippen molar-refractivity contribution >= 4 is 23.7 Å². The molecule has 198 valence electrons. The Hall–Kier alpha value is -3.94. The topological polar surface area (TPSA) is 87.2 Å². The molecule has 0 aromatic heterocycles. The quantitative estimate of drug-likeness (QED) is 0.518. The van der Waals surface area contributed by atoms with E-state index in [1.165, 1.54) is 11.8 Å². The van der Waals surface area contributed by atoms with E-state index in [4.69, 9.17) is 4.74 Å². The predicted molar refractivity (Wildman–Crippen MR) is 141 cm³/mol. The number of hydrogen-bond acceptors (Lipinski definition) is 5. The van der Waals surface area contributed by atoms with Gasteiger partial charge in [-0.1, -0.05) is 49.6 Å². The number of carbonyl (C=O) groups excluding carboxylic acids is 4. The summed E-state index contributed by atoms with van der Waals surface area (Å²) in [5.74, 6) is 0.459. The lowest BCUT2D eigenvalue weighted by Gasteiger charge is -2.48. The van der Waals surface area contributed by atoms with Gasteiger partial charge in [0.1, 0.15) is 17.6 Å². The first-order chi connectivity index (χ1) is 18.4. The molecule has 3 amide bonds. The van der Waals surface area contributed by atoms with Crippen LogP contribution in [-0.4, -0.2) is 57.5 Å². The van der Waals surface area contributed by atoms with Gasteiger partial charge in [-0.25, -0.2) is 4.79 Å². The zero-order valence-electron chi connectivity index (χ0n) is 21.7. The van der Waals surface area contributed by atoms with Crippen LogP contribution >= 0.6 is 0 Å². The Morgan fingerprint density at radius 1 is 0.947 bits per heavy atom. The number of ketones is 1. The van der Waals surface area contributed by atoms with Crippen molar-refractivity contribution < 1.29 is 23.9 Å². The lowest BCUT2D eigenvalue weighted by atomic mass is 9.81. The van der Waals surface area contributed by atoms with E-state index >= 15 is 0 Å². The number of benzene rings is 2. The molecule has 0 bridgehead atoms. The lowest BCUT2D eigenvalue weighted by molar-refractivity contribution is -0.151. The van der Waals surface area contributed by atoms with E-state index < -0.39 is 12.1 Å². The molecule has 2 aromatic rings. The van der Waals surface area contributed by atoms with Gasteiger partial charge in [-0.05, 0) is 61.9 Å². The van der Waals surface area contributed by atoms with Crippen LogP contribution in [0.3, 0.4) is 0 Å². The highest BCUT2D eigenvalue weighted by Gasteiger charge is 2.48. The summed E-state index contributed by atoms with van der Waals surface area (Å²) in [6.45, 7) is 2.10. The fourth-order valence-corrected chi connectivity index (χ4v) is 5.64. The fraction of sp³-hybridized carbons (Fsp3) is 0.400. The van der Waals surface area contributed by atoms with Gasteiger partial charge < -0.3 is 9.64 Å². The number of hydrogen-bond donors (Lipinski definition) is 0. The van der Waals surface area contributed by atoms with Crippen LogP contribution in [0.5, 0.6) is 5.75 Å². The molecule has 1 saturated heterocycles. The molecule has 1 aliphatic carbocycles. The van der Waals surface area contributed by atoms with Crippen molar-refractivity contribution in [3.63, 3.8) is 0 Å². The Labute approximate surface area is 222 Å². The molecule has 3 aliphatic rings. The number of ether oxygens (including phenoxy) is 1. The molecule has 0 unspecified atom stereocenters. The molecule has 38 heavy (non-hydrogen) atoms. The number of carbonyl (C=O) groups is 4. The Morgan fingerprint density at radius 3 is 2.34 bits per heavy atom. The highest BCUT2D eigenvalue weighted by Crippen LogP contribution is 2.37. The van der Waals surface area contributed by atoms with E-state index in [1.807, 2.05) is 30.3 Å². The fourth-order valence-electron chi connectivity index (χ4n) is 5.64. The van der Waals surface area contributed by atoms with Crippen molar-refractivity contribution in [3.8, 4) is 5.75 Å². The number of nitrogens with zero attached hydrogens (tertiary/aromatic N) is 3. The second kappa shape index (κ2) is 11.2. The Balaban J connectivity index is 1.43. The first-order valence-electron chi connectivity index (χ1n) is 13.4. The van der Waals surface area contributed by atoms with E-state index in [0.717, 1.165) is 37.7 Å². The van der Waals surface area contributed by atoms with E-state index in [9.17, 15) is 19.2 Å². The third-order valence-electron chi connectivity index (χ3n) is 7.69. The molecule has 2 fully saturated rings. The molecular weight excluding hydrogens is 482 g/mol. The third-order valence-corrected chi connectivity index (χ3v) is 7.69. The van der Waals surface area contributed by atoms with Crippen molar-refractivity contribution in [1.82, 2.24) is 14.7 Å². The summed E-state index contributed by atoms with van der Waals surface area (Å²) >= 11 is 0. The summed E-state index contributed by atoms with van der Waals surface area (Å²) in [7, 11) is 0. The van der Waals surface area contributed by atoms with Gasteiger partial charge in [0.2, 0.25) is 11.8 Å². The minimum Gasteiger partial charge on any atom is -0.410 e. The van der Waals surface area contributed by atoms with Crippen LogP contribution in [-0.2, 0) is 16.0 Å². The minimum atomic E-state index is -0.621. The molecule has 2 aromatic carbocycles. The van der Waals surface area contributed by atoms with Crippen LogP contribution in [0.4, 0.5) is 4.79 Å². The van der Waals surface area contributed by atoms with Gasteiger partial charge in [-0.3, -0.25) is 24.2 Å². The molecule has 0 radical (unpaired) electrons. The zero-order valence-corrected chi connectivity index (χ0v) is 21.7. The number of rotatable bonds is 6. The summed E-state index contributed by atoms with van der Waals surface area (Å²) in [6.07, 6.45) is 6.76. The molecule has 5 rings (SSSR count). The van der Waals surface area contributed by atoms with Crippen LogP contribution in [0.25, 0.3) is 0 Å². The summed E-state index contributed by atoms with van der Waals surface area (Å²) in [5.41, 5.74) is 1.64. The van der Waals surface area contributed by atoms with Gasteiger partial charge >= 0.3 is 6.09 Å². The zero-order chi connectivity index (χ0) is 26.6. The molecule has 2 aliphatic heterocycles. The highest BCUT2D eigenvalue weighted by atomic mass is 16.6. The number of Topliss-reactive ketones (excluding diaryl/α,β-unsaturated/α-hetero) is 1. The molecule has 2 heterocycles. The first-order valence-corrected chi connectivity index (χ1v) is 13.4. The average Bonchev–Trinajstić information content (AvgIpc) is 2.93. The van der Waals surface area contributed by atoms with E-state index in [0.29, 0.717) is 30.1 Å². The maximum absolute atomic E-state index is 13.8. The molecule has 1 saturated carbocycles. The maximum Gasteiger partial charge on any atom is 0.420 e. The third kappa shape index (κ3) is 5.35. The second-order valence-electron chi connectivity index (χ2n) is 10.2. The number of fused-ring (bicyclic) bond motifs is 1. The minimum absolute atomic E-state index is 0.0539. The molecular formula is C30H33N3O5. The SMILES string of the molecule is CC(=O)c1ccc(OC(=O)N2CCC(=O)N3C2=CN(CCc2ccccc2)C(=O)[C@@H]3C2CCCCC2)cc1. The summed E-state index contributed by atoms with van der Waals surface area (Å²) < 4.78 is 5.64. The van der Waals surface area contributed by atoms with E-state index in [2.05, 4.69) is 0 Å². The smallest absolute Gasteiger partial charge is 0.410 e. The van der Waals surface area contributed by atoms with Crippen LogP contribution in [0, 0.1) is 5.92 Å². The normalized spacial score (nSPS) is 20.2. The van der Waals surface area contributed by atoms with Crippen molar-refractivity contribution in [3.05, 3.63) is 77.7 Å². The molecule has 0 spiro atoms. The number of amides is 3. The predicted octanol–water partition coefficient (Wildman–Crippen LogP) is 4.76. The van der Waals surface area contributed by atoms with E-state index in [-0.39, 0.29) is 36.5 Å². The molecule has 0 N–H and O–H groups in total. The summed E-state index contributed by atoms with van der Waals surface area (Å²) in [5, 5.41) is 0. The lowest BCUT2D eigenvalue weighted by Crippen LogP contribution is -2.62. The first kappa shape index (κ1) is 25.7. The van der Waals surface area contributed by atoms with E-state index in [1.54, 1.807) is 40.3 Å². The Kier molecular flexibility index (Phi) is 7.58. The largest absolute Gasteiger partial charge is 0.420 e. The van der Waals surface area contributed by atoms with Gasteiger partial charge in [0.15, 0.2) is 5.78 Å². The van der Waals surface area contributed by atoms with Crippen LogP contribution in [0.1, 0.15) is 61.4 Å². The van der Waals surface area contributed by atoms with Crippen LogP contribution in [0.15, 0.2) is 66.6 Å². The summed E-state index contributed by atoms with van der Waals surface area (Å²) in [4.78, 5) is 56.7. The van der Waals surface area contributed by atoms with Gasteiger partial charge in [-0.15, -0.1) is 0 Å². The van der Waals surface area contributed by atoms with Crippen LogP contribution in [0.2, 0.25) is 0 Å². The van der Waals surface area contributed by atoms with Crippen molar-refractivity contribution in [2.45, 2.75) is 57.9 Å². The molecule has 1 atom stereocenters. The molecule has 8 heteroatoms. The Morgan fingerprint density at radius 2 is 1.66 bits per heavy atom. The highest BCUT2D eigenvalue weighted by molar-refractivity contribution is 5.94. The van der Waals surface area contributed by atoms with Crippen molar-refractivity contribution in [2.24, 2.45) is 5.92 Å². The van der Waals surface area contributed by atoms with Gasteiger partial charge in [-0.2, -0.15) is 0 Å². The van der Waals surface area contributed by atoms with Gasteiger partial charge in [0.05, 0.1) is 0 Å². The monoisotopic (exact) mass is 515 g/mol. The Bertz CT molecular complexity index is 1230. The maximum atomic E-state index is 13.8. The van der Waals surface area contributed by atoms with Crippen molar-refractivity contribution in [2.75, 3.05) is 13.1 Å². The molecule has 8 nitrogen and oxygen atoms in total. The summed E-state index contributed by atoms with van der Waals surface area (Å²) in [6, 6.07) is 15.7.